The molecule has 2 aromatic carbocycles. The highest BCUT2D eigenvalue weighted by molar-refractivity contribution is 6.05. The van der Waals surface area contributed by atoms with Crippen molar-refractivity contribution in [2.75, 3.05) is 5.73 Å². The van der Waals surface area contributed by atoms with Crippen LogP contribution in [0.25, 0.3) is 17.0 Å². The number of hydrogen-bond donors (Lipinski definition) is 2. The number of aliphatic carboxylic acids is 1. The summed E-state index contributed by atoms with van der Waals surface area (Å²) in [5.41, 5.74) is 9.42. The van der Waals surface area contributed by atoms with E-state index in [9.17, 15) is 9.59 Å². The first-order valence-electron chi connectivity index (χ1n) is 8.35. The van der Waals surface area contributed by atoms with Gasteiger partial charge in [-0.25, -0.2) is 14.8 Å². The summed E-state index contributed by atoms with van der Waals surface area (Å²) in [4.78, 5) is 33.9. The number of hydrogen-bond acceptors (Lipinski definition) is 5. The summed E-state index contributed by atoms with van der Waals surface area (Å²) in [6, 6.07) is 13.0. The van der Waals surface area contributed by atoms with Crippen molar-refractivity contribution >= 4 is 34.8 Å². The Balaban J connectivity index is 1.75. The Hall–Kier alpha value is -3.74. The summed E-state index contributed by atoms with van der Waals surface area (Å²) in [6.45, 7) is 1.03. The number of fused-ring (bicyclic) bond motifs is 2. The molecule has 1 amide bonds. The van der Waals surface area contributed by atoms with Crippen LogP contribution in [0.15, 0.2) is 48.5 Å². The maximum absolute atomic E-state index is 13.1. The second kappa shape index (κ2) is 6.53. The van der Waals surface area contributed by atoms with E-state index in [0.29, 0.717) is 29.6 Å². The van der Waals surface area contributed by atoms with E-state index in [0.717, 1.165) is 17.2 Å². The number of carbonyl (C=O) groups is 2. The van der Waals surface area contributed by atoms with Crippen molar-refractivity contribution in [3.63, 3.8) is 0 Å². The first-order valence-corrected chi connectivity index (χ1v) is 8.35. The van der Waals surface area contributed by atoms with Crippen molar-refractivity contribution in [1.82, 2.24) is 14.9 Å². The molecule has 2 heterocycles. The Morgan fingerprint density at radius 2 is 1.78 bits per heavy atom. The van der Waals surface area contributed by atoms with Gasteiger partial charge in [-0.2, -0.15) is 0 Å². The third-order valence-electron chi connectivity index (χ3n) is 4.49. The van der Waals surface area contributed by atoms with E-state index in [-0.39, 0.29) is 17.5 Å². The van der Waals surface area contributed by atoms with Crippen molar-refractivity contribution in [2.45, 2.75) is 13.1 Å². The summed E-state index contributed by atoms with van der Waals surface area (Å²) in [7, 11) is 0. The van der Waals surface area contributed by atoms with Gasteiger partial charge >= 0.3 is 5.97 Å². The fourth-order valence-electron chi connectivity index (χ4n) is 3.22. The zero-order valence-electron chi connectivity index (χ0n) is 14.3. The summed E-state index contributed by atoms with van der Waals surface area (Å²) in [5.74, 6) is -1.25. The molecule has 134 valence electrons. The van der Waals surface area contributed by atoms with Gasteiger partial charge in [0.25, 0.3) is 5.91 Å². The Morgan fingerprint density at radius 3 is 2.44 bits per heavy atom. The number of nitrogens with zero attached hydrogens (tertiary/aromatic N) is 3. The second-order valence-electron chi connectivity index (χ2n) is 6.31. The van der Waals surface area contributed by atoms with Crippen molar-refractivity contribution in [2.24, 2.45) is 0 Å². The van der Waals surface area contributed by atoms with Crippen LogP contribution in [0.2, 0.25) is 0 Å². The summed E-state index contributed by atoms with van der Waals surface area (Å²) < 4.78 is 0. The van der Waals surface area contributed by atoms with Gasteiger partial charge in [-0.05, 0) is 34.9 Å². The normalized spacial score (nSPS) is 13.3. The highest BCUT2D eigenvalue weighted by atomic mass is 16.4. The minimum absolute atomic E-state index is 0.0244. The van der Waals surface area contributed by atoms with Crippen LogP contribution in [0.1, 0.15) is 27.2 Å². The van der Waals surface area contributed by atoms with E-state index in [2.05, 4.69) is 9.97 Å². The van der Waals surface area contributed by atoms with Gasteiger partial charge in [-0.3, -0.25) is 4.79 Å². The Kier molecular flexibility index (Phi) is 4.04. The molecular weight excluding hydrogens is 344 g/mol. The number of carbonyl (C=O) groups excluding carboxylic acids is 1. The van der Waals surface area contributed by atoms with Crippen LogP contribution in [0, 0.1) is 0 Å². The van der Waals surface area contributed by atoms with Crippen LogP contribution >= 0.6 is 0 Å². The molecule has 1 aliphatic heterocycles. The molecule has 0 fully saturated rings. The SMILES string of the molecule is Nc1nc(C(=O)N2Cc3ccccc3C2)c2cc(C=CC(=O)O)ccc2n1. The number of benzene rings is 2. The number of carboxylic acid groups (broad SMARTS) is 1. The maximum Gasteiger partial charge on any atom is 0.328 e. The molecule has 1 aliphatic rings. The van der Waals surface area contributed by atoms with Gasteiger partial charge in [0, 0.05) is 24.6 Å². The van der Waals surface area contributed by atoms with E-state index in [4.69, 9.17) is 10.8 Å². The largest absolute Gasteiger partial charge is 0.478 e. The highest BCUT2D eigenvalue weighted by Gasteiger charge is 2.26. The predicted molar refractivity (Wildman–Crippen MR) is 101 cm³/mol. The third kappa shape index (κ3) is 3.22. The summed E-state index contributed by atoms with van der Waals surface area (Å²) in [6.07, 6.45) is 2.50. The molecule has 3 N–H and O–H groups in total. The lowest BCUT2D eigenvalue weighted by Gasteiger charge is -2.16. The van der Waals surface area contributed by atoms with Crippen molar-refractivity contribution in [3.8, 4) is 0 Å². The van der Waals surface area contributed by atoms with E-state index in [1.54, 1.807) is 23.1 Å². The quantitative estimate of drug-likeness (QED) is 0.695. The molecule has 4 rings (SSSR count). The van der Waals surface area contributed by atoms with Crippen molar-refractivity contribution in [1.29, 1.82) is 0 Å². The van der Waals surface area contributed by atoms with E-state index in [1.807, 2.05) is 24.3 Å². The zero-order valence-corrected chi connectivity index (χ0v) is 14.3. The molecule has 27 heavy (non-hydrogen) atoms. The fourth-order valence-corrected chi connectivity index (χ4v) is 3.22. The molecule has 0 bridgehead atoms. The van der Waals surface area contributed by atoms with Crippen LogP contribution in [0.4, 0.5) is 5.95 Å². The molecule has 0 saturated heterocycles. The van der Waals surface area contributed by atoms with Crippen molar-refractivity contribution in [3.05, 3.63) is 70.9 Å². The number of aromatic nitrogens is 2. The monoisotopic (exact) mass is 360 g/mol. The topological polar surface area (TPSA) is 109 Å². The third-order valence-corrected chi connectivity index (χ3v) is 4.49. The zero-order chi connectivity index (χ0) is 19.0. The Labute approximate surface area is 154 Å². The second-order valence-corrected chi connectivity index (χ2v) is 6.31. The Bertz CT molecular complexity index is 1080. The molecule has 0 unspecified atom stereocenters. The molecule has 7 heteroatoms. The number of rotatable bonds is 3. The number of nitrogens with two attached hydrogens (primary N) is 1. The van der Waals surface area contributed by atoms with E-state index < -0.39 is 5.97 Å². The number of amides is 1. The maximum atomic E-state index is 13.1. The van der Waals surface area contributed by atoms with Crippen LogP contribution in [0.5, 0.6) is 0 Å². The smallest absolute Gasteiger partial charge is 0.328 e. The highest BCUT2D eigenvalue weighted by Crippen LogP contribution is 2.26. The molecular formula is C20H16N4O3. The van der Waals surface area contributed by atoms with Gasteiger partial charge in [-0.1, -0.05) is 30.3 Å². The number of anilines is 1. The van der Waals surface area contributed by atoms with Gasteiger partial charge < -0.3 is 15.7 Å². The van der Waals surface area contributed by atoms with Gasteiger partial charge in [0.05, 0.1) is 5.52 Å². The molecule has 3 aromatic rings. The van der Waals surface area contributed by atoms with Crippen LogP contribution < -0.4 is 5.73 Å². The minimum atomic E-state index is -1.05. The molecule has 0 saturated carbocycles. The van der Waals surface area contributed by atoms with Crippen LogP contribution in [-0.2, 0) is 17.9 Å². The van der Waals surface area contributed by atoms with Crippen molar-refractivity contribution < 1.29 is 14.7 Å². The average molecular weight is 360 g/mol. The van der Waals surface area contributed by atoms with Crippen LogP contribution in [0.3, 0.4) is 0 Å². The molecule has 0 aliphatic carbocycles. The predicted octanol–water partition coefficient (Wildman–Crippen LogP) is 2.47. The van der Waals surface area contributed by atoms with Gasteiger partial charge in [0.2, 0.25) is 5.95 Å². The number of nitrogen functional groups attached to an aromatic ring is 1. The molecule has 0 radical (unpaired) electrons. The Morgan fingerprint density at radius 1 is 1.07 bits per heavy atom. The lowest BCUT2D eigenvalue weighted by molar-refractivity contribution is -0.131. The minimum Gasteiger partial charge on any atom is -0.478 e. The summed E-state index contributed by atoms with van der Waals surface area (Å²) in [5, 5.41) is 9.35. The van der Waals surface area contributed by atoms with Gasteiger partial charge in [0.1, 0.15) is 5.69 Å². The van der Waals surface area contributed by atoms with E-state index >= 15 is 0 Å². The number of carboxylic acids is 1. The van der Waals surface area contributed by atoms with Crippen LogP contribution in [-0.4, -0.2) is 31.9 Å². The molecule has 0 atom stereocenters. The van der Waals surface area contributed by atoms with Gasteiger partial charge in [-0.15, -0.1) is 0 Å². The average Bonchev–Trinajstić information content (AvgIpc) is 3.09. The van der Waals surface area contributed by atoms with E-state index in [1.165, 1.54) is 6.08 Å². The first kappa shape index (κ1) is 16.7. The molecule has 1 aromatic heterocycles. The standard InChI is InChI=1S/C20H16N4O3/c21-20-22-16-7-5-12(6-8-17(25)26)9-15(16)18(23-20)19(27)24-10-13-3-1-2-4-14(13)11-24/h1-9H,10-11H2,(H,25,26)(H2,21,22,23). The first-order chi connectivity index (χ1) is 13.0. The molecule has 7 nitrogen and oxygen atoms in total. The van der Waals surface area contributed by atoms with Gasteiger partial charge in [0.15, 0.2) is 0 Å². The summed E-state index contributed by atoms with van der Waals surface area (Å²) >= 11 is 0. The lowest BCUT2D eigenvalue weighted by Crippen LogP contribution is -2.27. The fraction of sp³-hybridized carbons (Fsp3) is 0.100. The lowest BCUT2D eigenvalue weighted by atomic mass is 10.1. The molecule has 0 spiro atoms.